The predicted octanol–water partition coefficient (Wildman–Crippen LogP) is 4.89. The zero-order chi connectivity index (χ0) is 19.4. The lowest BCUT2D eigenvalue weighted by atomic mass is 10.1. The highest BCUT2D eigenvalue weighted by Gasteiger charge is 2.13. The van der Waals surface area contributed by atoms with Crippen LogP contribution in [0.4, 0.5) is 0 Å². The fraction of sp³-hybridized carbons (Fsp3) is 0.304. The molecular weight excluding hydrogens is 334 g/mol. The monoisotopic (exact) mass is 361 g/mol. The van der Waals surface area contributed by atoms with Crippen molar-refractivity contribution in [2.45, 2.75) is 33.6 Å². The fourth-order valence-corrected chi connectivity index (χ4v) is 3.03. The van der Waals surface area contributed by atoms with Crippen LogP contribution in [0.15, 0.2) is 48.7 Å². The first-order valence-corrected chi connectivity index (χ1v) is 9.48. The maximum absolute atomic E-state index is 12.4. The number of hydrogen-bond donors (Lipinski definition) is 0. The predicted molar refractivity (Wildman–Crippen MR) is 112 cm³/mol. The van der Waals surface area contributed by atoms with Gasteiger partial charge in [0.25, 0.3) is 0 Å². The van der Waals surface area contributed by atoms with Gasteiger partial charge < -0.3 is 4.90 Å². The van der Waals surface area contributed by atoms with Crippen molar-refractivity contribution < 1.29 is 4.79 Å². The van der Waals surface area contributed by atoms with Crippen LogP contribution in [0.1, 0.15) is 36.6 Å². The molecule has 4 nitrogen and oxygen atoms in total. The SMILES string of the molecule is CCCCN(C)C(=O)/C=C/c1c(-c2ccc(C)cc2)nc2cc(C)ccn12. The zero-order valence-corrected chi connectivity index (χ0v) is 16.6. The second-order valence-electron chi connectivity index (χ2n) is 7.09. The number of imidazole rings is 1. The number of fused-ring (bicyclic) bond motifs is 1. The first-order chi connectivity index (χ1) is 13.0. The summed E-state index contributed by atoms with van der Waals surface area (Å²) >= 11 is 0. The molecule has 0 aliphatic heterocycles. The molecule has 4 heteroatoms. The molecule has 0 bridgehead atoms. The summed E-state index contributed by atoms with van der Waals surface area (Å²) in [6, 6.07) is 12.4. The lowest BCUT2D eigenvalue weighted by Crippen LogP contribution is -2.25. The Labute approximate surface area is 161 Å². The van der Waals surface area contributed by atoms with Crippen LogP contribution >= 0.6 is 0 Å². The Morgan fingerprint density at radius 3 is 2.59 bits per heavy atom. The third-order valence-corrected chi connectivity index (χ3v) is 4.75. The van der Waals surface area contributed by atoms with E-state index in [-0.39, 0.29) is 5.91 Å². The Morgan fingerprint density at radius 1 is 1.15 bits per heavy atom. The Kier molecular flexibility index (Phi) is 5.75. The molecule has 0 saturated heterocycles. The van der Waals surface area contributed by atoms with Gasteiger partial charge in [-0.1, -0.05) is 43.2 Å². The number of aromatic nitrogens is 2. The molecule has 2 heterocycles. The van der Waals surface area contributed by atoms with Gasteiger partial charge in [-0.05, 0) is 44.0 Å². The van der Waals surface area contributed by atoms with Crippen LogP contribution in [-0.2, 0) is 4.79 Å². The second kappa shape index (κ2) is 8.21. The molecule has 3 rings (SSSR count). The number of aryl methyl sites for hydroxylation is 2. The van der Waals surface area contributed by atoms with E-state index < -0.39 is 0 Å². The third-order valence-electron chi connectivity index (χ3n) is 4.75. The molecule has 0 atom stereocenters. The average molecular weight is 361 g/mol. The number of rotatable bonds is 6. The summed E-state index contributed by atoms with van der Waals surface area (Å²) in [5, 5.41) is 0. The van der Waals surface area contributed by atoms with Gasteiger partial charge in [-0.25, -0.2) is 4.98 Å². The smallest absolute Gasteiger partial charge is 0.246 e. The topological polar surface area (TPSA) is 37.6 Å². The molecule has 0 fully saturated rings. The average Bonchev–Trinajstić information content (AvgIpc) is 3.02. The van der Waals surface area contributed by atoms with E-state index in [1.807, 2.05) is 23.7 Å². The molecule has 0 spiro atoms. The number of likely N-dealkylation sites (N-methyl/N-ethyl adjacent to an activating group) is 1. The first-order valence-electron chi connectivity index (χ1n) is 9.48. The summed E-state index contributed by atoms with van der Waals surface area (Å²) in [6.07, 6.45) is 7.64. The maximum atomic E-state index is 12.4. The summed E-state index contributed by atoms with van der Waals surface area (Å²) in [4.78, 5) is 19.0. The number of unbranched alkanes of at least 4 members (excludes halogenated alkanes) is 1. The highest BCUT2D eigenvalue weighted by Crippen LogP contribution is 2.26. The summed E-state index contributed by atoms with van der Waals surface area (Å²) in [5.41, 5.74) is 6.12. The normalized spacial score (nSPS) is 11.4. The number of nitrogens with zero attached hydrogens (tertiary/aromatic N) is 3. The number of hydrogen-bond acceptors (Lipinski definition) is 2. The summed E-state index contributed by atoms with van der Waals surface area (Å²) in [7, 11) is 1.85. The van der Waals surface area contributed by atoms with Gasteiger partial charge in [0.15, 0.2) is 0 Å². The lowest BCUT2D eigenvalue weighted by molar-refractivity contribution is -0.124. The van der Waals surface area contributed by atoms with E-state index >= 15 is 0 Å². The first kappa shape index (κ1) is 18.9. The van der Waals surface area contributed by atoms with Gasteiger partial charge in [0, 0.05) is 31.4 Å². The van der Waals surface area contributed by atoms with Gasteiger partial charge in [0.2, 0.25) is 5.91 Å². The van der Waals surface area contributed by atoms with E-state index in [4.69, 9.17) is 4.98 Å². The lowest BCUT2D eigenvalue weighted by Gasteiger charge is -2.14. The Hall–Kier alpha value is -2.88. The van der Waals surface area contributed by atoms with Crippen LogP contribution in [0.3, 0.4) is 0 Å². The summed E-state index contributed by atoms with van der Waals surface area (Å²) in [6.45, 7) is 7.03. The van der Waals surface area contributed by atoms with Gasteiger partial charge in [-0.3, -0.25) is 9.20 Å². The molecule has 1 aromatic carbocycles. The highest BCUT2D eigenvalue weighted by molar-refractivity contribution is 5.92. The fourth-order valence-electron chi connectivity index (χ4n) is 3.03. The van der Waals surface area contributed by atoms with Crippen LogP contribution in [0.25, 0.3) is 23.0 Å². The number of amides is 1. The van der Waals surface area contributed by atoms with Crippen LogP contribution in [0, 0.1) is 13.8 Å². The quantitative estimate of drug-likeness (QED) is 0.586. The van der Waals surface area contributed by atoms with Crippen molar-refractivity contribution in [3.63, 3.8) is 0 Å². The molecule has 1 amide bonds. The van der Waals surface area contributed by atoms with Crippen molar-refractivity contribution in [3.05, 3.63) is 65.5 Å². The molecule has 2 aromatic heterocycles. The molecule has 0 radical (unpaired) electrons. The molecule has 0 aliphatic carbocycles. The minimum Gasteiger partial charge on any atom is -0.342 e. The van der Waals surface area contributed by atoms with Gasteiger partial charge in [-0.2, -0.15) is 0 Å². The molecule has 140 valence electrons. The van der Waals surface area contributed by atoms with Gasteiger partial charge >= 0.3 is 0 Å². The minimum absolute atomic E-state index is 0.0142. The van der Waals surface area contributed by atoms with Crippen molar-refractivity contribution >= 4 is 17.6 Å². The van der Waals surface area contributed by atoms with E-state index in [9.17, 15) is 4.79 Å². The molecule has 0 unspecified atom stereocenters. The maximum Gasteiger partial charge on any atom is 0.246 e. The van der Waals surface area contributed by atoms with Crippen LogP contribution in [0.2, 0.25) is 0 Å². The molecule has 0 N–H and O–H groups in total. The van der Waals surface area contributed by atoms with Gasteiger partial charge in [0.1, 0.15) is 5.65 Å². The van der Waals surface area contributed by atoms with E-state index in [1.54, 1.807) is 11.0 Å². The van der Waals surface area contributed by atoms with Crippen molar-refractivity contribution in [2.24, 2.45) is 0 Å². The van der Waals surface area contributed by atoms with Crippen molar-refractivity contribution in [2.75, 3.05) is 13.6 Å². The number of benzene rings is 1. The minimum atomic E-state index is 0.0142. The highest BCUT2D eigenvalue weighted by atomic mass is 16.2. The number of pyridine rings is 1. The van der Waals surface area contributed by atoms with Crippen LogP contribution < -0.4 is 0 Å². The number of carbonyl (C=O) groups is 1. The van der Waals surface area contributed by atoms with Gasteiger partial charge in [0.05, 0.1) is 11.4 Å². The van der Waals surface area contributed by atoms with Crippen molar-refractivity contribution in [1.29, 1.82) is 0 Å². The van der Waals surface area contributed by atoms with Gasteiger partial charge in [-0.15, -0.1) is 0 Å². The standard InChI is InChI=1S/C23H27N3O/c1-5-6-14-25(4)22(27)12-11-20-23(19-9-7-17(2)8-10-19)24-21-16-18(3)13-15-26(20)21/h7-13,15-16H,5-6,14H2,1-4H3/b12-11+. The molecule has 3 aromatic rings. The summed E-state index contributed by atoms with van der Waals surface area (Å²) < 4.78 is 2.04. The molecule has 0 saturated carbocycles. The second-order valence-corrected chi connectivity index (χ2v) is 7.09. The number of carbonyl (C=O) groups excluding carboxylic acids is 1. The Morgan fingerprint density at radius 2 is 1.89 bits per heavy atom. The molecule has 27 heavy (non-hydrogen) atoms. The Bertz CT molecular complexity index is 967. The van der Waals surface area contributed by atoms with Crippen molar-refractivity contribution in [3.8, 4) is 11.3 Å². The molecule has 0 aliphatic rings. The van der Waals surface area contributed by atoms with Crippen LogP contribution in [-0.4, -0.2) is 33.8 Å². The van der Waals surface area contributed by atoms with Crippen LogP contribution in [0.5, 0.6) is 0 Å². The molecular formula is C23H27N3O. The van der Waals surface area contributed by atoms with E-state index in [0.29, 0.717) is 0 Å². The van der Waals surface area contributed by atoms with E-state index in [1.165, 1.54) is 5.56 Å². The Balaban J connectivity index is 2.02. The zero-order valence-electron chi connectivity index (χ0n) is 16.6. The third kappa shape index (κ3) is 4.27. The van der Waals surface area contributed by atoms with E-state index in [2.05, 4.69) is 57.2 Å². The summed E-state index contributed by atoms with van der Waals surface area (Å²) in [5.74, 6) is 0.0142. The van der Waals surface area contributed by atoms with E-state index in [0.717, 1.165) is 47.5 Å². The van der Waals surface area contributed by atoms with Crippen molar-refractivity contribution in [1.82, 2.24) is 14.3 Å². The largest absolute Gasteiger partial charge is 0.342 e.